The number of halogens is 2. The number of hydrogen-bond acceptors (Lipinski definition) is 2. The number of carbonyl (C=O) groups excluding carboxylic acids is 1. The van der Waals surface area contributed by atoms with Crippen LogP contribution in [0.15, 0.2) is 18.2 Å². The van der Waals surface area contributed by atoms with Crippen LogP contribution in [-0.2, 0) is 11.2 Å². The standard InChI is InChI=1S/C15H20Cl2N2O/c16-13-5-2-6-14(17)12(13)7-8-19-15(20)11-4-1-3-10(11)9-18/h2,5-6,10-11H,1,3-4,7-9,18H2,(H,19,20)/t10-,11-/m1/s1. The van der Waals surface area contributed by atoms with Gasteiger partial charge in [-0.25, -0.2) is 0 Å². The number of nitrogens with two attached hydrogens (primary N) is 1. The van der Waals surface area contributed by atoms with Crippen molar-refractivity contribution in [2.24, 2.45) is 17.6 Å². The van der Waals surface area contributed by atoms with Crippen molar-refractivity contribution in [2.45, 2.75) is 25.7 Å². The van der Waals surface area contributed by atoms with Gasteiger partial charge in [-0.1, -0.05) is 35.7 Å². The molecule has 3 N–H and O–H groups in total. The first-order valence-electron chi connectivity index (χ1n) is 7.04. The van der Waals surface area contributed by atoms with E-state index in [-0.39, 0.29) is 11.8 Å². The molecule has 2 rings (SSSR count). The third-order valence-electron chi connectivity index (χ3n) is 4.03. The Balaban J connectivity index is 1.85. The van der Waals surface area contributed by atoms with Crippen LogP contribution in [0.1, 0.15) is 24.8 Å². The third kappa shape index (κ3) is 3.66. The number of benzene rings is 1. The molecule has 1 saturated carbocycles. The first-order chi connectivity index (χ1) is 9.63. The SMILES string of the molecule is NC[C@H]1CCC[C@H]1C(=O)NCCc1c(Cl)cccc1Cl. The summed E-state index contributed by atoms with van der Waals surface area (Å²) in [5, 5.41) is 4.27. The van der Waals surface area contributed by atoms with Crippen molar-refractivity contribution < 1.29 is 4.79 Å². The lowest BCUT2D eigenvalue weighted by Crippen LogP contribution is -2.36. The first kappa shape index (κ1) is 15.6. The fraction of sp³-hybridized carbons (Fsp3) is 0.533. The van der Waals surface area contributed by atoms with Gasteiger partial charge in [0.2, 0.25) is 5.91 Å². The molecule has 0 heterocycles. The summed E-state index contributed by atoms with van der Waals surface area (Å²) >= 11 is 12.2. The van der Waals surface area contributed by atoms with E-state index in [1.54, 1.807) is 0 Å². The van der Waals surface area contributed by atoms with Crippen LogP contribution in [-0.4, -0.2) is 19.0 Å². The maximum atomic E-state index is 12.1. The zero-order chi connectivity index (χ0) is 14.5. The van der Waals surface area contributed by atoms with Crippen LogP contribution in [0.25, 0.3) is 0 Å². The smallest absolute Gasteiger partial charge is 0.223 e. The Kier molecular flexibility index (Phi) is 5.70. The van der Waals surface area contributed by atoms with Crippen molar-refractivity contribution >= 4 is 29.1 Å². The molecule has 1 fully saturated rings. The number of hydrogen-bond donors (Lipinski definition) is 2. The number of rotatable bonds is 5. The van der Waals surface area contributed by atoms with Crippen molar-refractivity contribution in [1.29, 1.82) is 0 Å². The van der Waals surface area contributed by atoms with Crippen molar-refractivity contribution in [3.8, 4) is 0 Å². The molecule has 0 saturated heterocycles. The van der Waals surface area contributed by atoms with Crippen LogP contribution >= 0.6 is 23.2 Å². The number of carbonyl (C=O) groups is 1. The maximum absolute atomic E-state index is 12.1. The highest BCUT2D eigenvalue weighted by Crippen LogP contribution is 2.31. The van der Waals surface area contributed by atoms with E-state index < -0.39 is 0 Å². The average Bonchev–Trinajstić information content (AvgIpc) is 2.90. The molecule has 0 spiro atoms. The van der Waals surface area contributed by atoms with Crippen LogP contribution in [0.3, 0.4) is 0 Å². The van der Waals surface area contributed by atoms with E-state index >= 15 is 0 Å². The molecule has 1 aromatic rings. The van der Waals surface area contributed by atoms with Gasteiger partial charge in [-0.05, 0) is 49.4 Å². The van der Waals surface area contributed by atoms with Gasteiger partial charge < -0.3 is 11.1 Å². The fourth-order valence-electron chi connectivity index (χ4n) is 2.88. The predicted molar refractivity (Wildman–Crippen MR) is 83.1 cm³/mol. The quantitative estimate of drug-likeness (QED) is 0.877. The molecule has 20 heavy (non-hydrogen) atoms. The minimum Gasteiger partial charge on any atom is -0.356 e. The minimum absolute atomic E-state index is 0.0710. The zero-order valence-electron chi connectivity index (χ0n) is 11.4. The molecule has 5 heteroatoms. The Hall–Kier alpha value is -0.770. The van der Waals surface area contributed by atoms with Gasteiger partial charge in [0.25, 0.3) is 0 Å². The third-order valence-corrected chi connectivity index (χ3v) is 4.74. The zero-order valence-corrected chi connectivity index (χ0v) is 12.9. The van der Waals surface area contributed by atoms with Gasteiger partial charge in [0.05, 0.1) is 0 Å². The highest BCUT2D eigenvalue weighted by Gasteiger charge is 2.31. The molecule has 1 aliphatic carbocycles. The molecule has 1 amide bonds. The number of amides is 1. The summed E-state index contributed by atoms with van der Waals surface area (Å²) in [7, 11) is 0. The largest absolute Gasteiger partial charge is 0.356 e. The lowest BCUT2D eigenvalue weighted by molar-refractivity contribution is -0.125. The minimum atomic E-state index is 0.0710. The lowest BCUT2D eigenvalue weighted by Gasteiger charge is -2.17. The van der Waals surface area contributed by atoms with Crippen molar-refractivity contribution in [1.82, 2.24) is 5.32 Å². The average molecular weight is 315 g/mol. The fourth-order valence-corrected chi connectivity index (χ4v) is 3.46. The topological polar surface area (TPSA) is 55.1 Å². The van der Waals surface area contributed by atoms with Crippen molar-refractivity contribution in [3.63, 3.8) is 0 Å². The molecule has 1 aliphatic rings. The predicted octanol–water partition coefficient (Wildman–Crippen LogP) is 3.03. The second-order valence-corrected chi connectivity index (χ2v) is 6.09. The summed E-state index contributed by atoms with van der Waals surface area (Å²) < 4.78 is 0. The Labute approximate surface area is 129 Å². The van der Waals surface area contributed by atoms with E-state index in [1.165, 1.54) is 0 Å². The van der Waals surface area contributed by atoms with Crippen LogP contribution in [0, 0.1) is 11.8 Å². The van der Waals surface area contributed by atoms with Crippen LogP contribution < -0.4 is 11.1 Å². The lowest BCUT2D eigenvalue weighted by atomic mass is 9.95. The Morgan fingerprint density at radius 3 is 2.65 bits per heavy atom. The molecule has 3 nitrogen and oxygen atoms in total. The second-order valence-electron chi connectivity index (χ2n) is 5.27. The number of nitrogens with one attached hydrogen (secondary N) is 1. The van der Waals surface area contributed by atoms with E-state index in [4.69, 9.17) is 28.9 Å². The Bertz CT molecular complexity index is 459. The molecule has 0 unspecified atom stereocenters. The van der Waals surface area contributed by atoms with Crippen LogP contribution in [0.5, 0.6) is 0 Å². The summed E-state index contributed by atoms with van der Waals surface area (Å²) in [6.07, 6.45) is 3.74. The van der Waals surface area contributed by atoms with Crippen LogP contribution in [0.2, 0.25) is 10.0 Å². The van der Waals surface area contributed by atoms with Gasteiger partial charge in [-0.15, -0.1) is 0 Å². The van der Waals surface area contributed by atoms with Gasteiger partial charge in [-0.2, -0.15) is 0 Å². The van der Waals surface area contributed by atoms with Gasteiger partial charge in [0, 0.05) is 22.5 Å². The van der Waals surface area contributed by atoms with E-state index in [1.807, 2.05) is 18.2 Å². The van der Waals surface area contributed by atoms with E-state index in [0.717, 1.165) is 24.8 Å². The highest BCUT2D eigenvalue weighted by molar-refractivity contribution is 6.35. The molecule has 2 atom stereocenters. The Morgan fingerprint density at radius 1 is 1.30 bits per heavy atom. The second kappa shape index (κ2) is 7.30. The van der Waals surface area contributed by atoms with Gasteiger partial charge >= 0.3 is 0 Å². The normalized spacial score (nSPS) is 21.9. The monoisotopic (exact) mass is 314 g/mol. The van der Waals surface area contributed by atoms with Gasteiger partial charge in [0.1, 0.15) is 0 Å². The summed E-state index contributed by atoms with van der Waals surface area (Å²) in [4.78, 5) is 12.1. The van der Waals surface area contributed by atoms with E-state index in [9.17, 15) is 4.79 Å². The molecule has 1 aromatic carbocycles. The van der Waals surface area contributed by atoms with E-state index in [2.05, 4.69) is 5.32 Å². The molecule has 0 bridgehead atoms. The maximum Gasteiger partial charge on any atom is 0.223 e. The summed E-state index contributed by atoms with van der Waals surface area (Å²) in [5.74, 6) is 0.516. The first-order valence-corrected chi connectivity index (χ1v) is 7.79. The van der Waals surface area contributed by atoms with E-state index in [0.29, 0.717) is 35.5 Å². The van der Waals surface area contributed by atoms with Gasteiger partial charge in [0.15, 0.2) is 0 Å². The summed E-state index contributed by atoms with van der Waals surface area (Å²) in [5.41, 5.74) is 6.59. The summed E-state index contributed by atoms with van der Waals surface area (Å²) in [6.45, 7) is 1.14. The van der Waals surface area contributed by atoms with Crippen LogP contribution in [0.4, 0.5) is 0 Å². The molecular weight excluding hydrogens is 295 g/mol. The Morgan fingerprint density at radius 2 is 2.00 bits per heavy atom. The highest BCUT2D eigenvalue weighted by atomic mass is 35.5. The van der Waals surface area contributed by atoms with Crippen molar-refractivity contribution in [2.75, 3.05) is 13.1 Å². The molecule has 0 radical (unpaired) electrons. The van der Waals surface area contributed by atoms with Gasteiger partial charge in [-0.3, -0.25) is 4.79 Å². The summed E-state index contributed by atoms with van der Waals surface area (Å²) in [6, 6.07) is 5.44. The molecule has 0 aliphatic heterocycles. The van der Waals surface area contributed by atoms with Crippen molar-refractivity contribution in [3.05, 3.63) is 33.8 Å². The molecule has 110 valence electrons. The molecular formula is C15H20Cl2N2O. The molecule has 0 aromatic heterocycles.